The van der Waals surface area contributed by atoms with Crippen LogP contribution < -0.4 is 0 Å². The molecule has 0 radical (unpaired) electrons. The van der Waals surface area contributed by atoms with Crippen LogP contribution in [0.4, 0.5) is 4.39 Å². The molecular formula is C27H23FN4O2. The highest BCUT2D eigenvalue weighted by molar-refractivity contribution is 5.95. The minimum atomic E-state index is -0.290. The van der Waals surface area contributed by atoms with Crippen molar-refractivity contribution in [2.75, 3.05) is 0 Å². The fourth-order valence-corrected chi connectivity index (χ4v) is 4.62. The summed E-state index contributed by atoms with van der Waals surface area (Å²) in [6, 6.07) is 18.2. The van der Waals surface area contributed by atoms with E-state index in [-0.39, 0.29) is 17.5 Å². The Morgan fingerprint density at radius 1 is 1.00 bits per heavy atom. The summed E-state index contributed by atoms with van der Waals surface area (Å²) >= 11 is 0. The second-order valence-corrected chi connectivity index (χ2v) is 9.24. The Kier molecular flexibility index (Phi) is 4.81. The lowest BCUT2D eigenvalue weighted by molar-refractivity contribution is -0.189. The molecule has 5 aromatic rings. The van der Waals surface area contributed by atoms with Crippen LogP contribution in [0.1, 0.15) is 20.3 Å². The molecule has 34 heavy (non-hydrogen) atoms. The van der Waals surface area contributed by atoms with Gasteiger partial charge in [0.2, 0.25) is 5.71 Å². The quantitative estimate of drug-likeness (QED) is 0.320. The van der Waals surface area contributed by atoms with Gasteiger partial charge in [-0.3, -0.25) is 4.68 Å². The summed E-state index contributed by atoms with van der Waals surface area (Å²) in [7, 11) is 0. The van der Waals surface area contributed by atoms with Crippen LogP contribution in [0.5, 0.6) is 0 Å². The van der Waals surface area contributed by atoms with Crippen molar-refractivity contribution >= 4 is 11.1 Å². The predicted octanol–water partition coefficient (Wildman–Crippen LogP) is 6.13. The van der Waals surface area contributed by atoms with Crippen molar-refractivity contribution in [1.82, 2.24) is 19.7 Å². The Bertz CT molecular complexity index is 1460. The number of hydrogen-bond donors (Lipinski definition) is 0. The number of fused-ring (bicyclic) bond motifs is 1. The first kappa shape index (κ1) is 20.7. The van der Waals surface area contributed by atoms with E-state index in [0.29, 0.717) is 12.3 Å². The van der Waals surface area contributed by atoms with Crippen molar-refractivity contribution in [2.24, 2.45) is 0 Å². The van der Waals surface area contributed by atoms with Gasteiger partial charge in [0.25, 0.3) is 0 Å². The Morgan fingerprint density at radius 3 is 2.50 bits per heavy atom. The SMILES string of the molecule is CC1(C)C[C@H](Cn2cc(-c3ncnc4oc(-c5ccccc5)cc34)c(-c3ccc(F)cc3)n2)O1. The normalized spacial score (nSPS) is 17.1. The first-order valence-corrected chi connectivity index (χ1v) is 11.3. The topological polar surface area (TPSA) is 66.0 Å². The maximum Gasteiger partial charge on any atom is 0.230 e. The molecule has 2 aromatic carbocycles. The van der Waals surface area contributed by atoms with Crippen molar-refractivity contribution in [1.29, 1.82) is 0 Å². The molecule has 1 saturated heterocycles. The van der Waals surface area contributed by atoms with Crippen LogP contribution in [0.2, 0.25) is 0 Å². The number of nitrogens with zero attached hydrogens (tertiary/aromatic N) is 4. The average Bonchev–Trinajstić information content (AvgIpc) is 3.43. The maximum absolute atomic E-state index is 13.6. The van der Waals surface area contributed by atoms with Gasteiger partial charge < -0.3 is 9.15 Å². The summed E-state index contributed by atoms with van der Waals surface area (Å²) in [4.78, 5) is 8.95. The third-order valence-corrected chi connectivity index (χ3v) is 6.12. The third-order valence-electron chi connectivity index (χ3n) is 6.12. The molecule has 1 fully saturated rings. The molecule has 4 heterocycles. The Morgan fingerprint density at radius 2 is 1.76 bits per heavy atom. The third kappa shape index (κ3) is 3.78. The van der Waals surface area contributed by atoms with E-state index in [1.165, 1.54) is 18.5 Å². The van der Waals surface area contributed by atoms with Crippen LogP contribution in [0.3, 0.4) is 0 Å². The minimum absolute atomic E-state index is 0.0934. The van der Waals surface area contributed by atoms with Gasteiger partial charge in [-0.1, -0.05) is 30.3 Å². The fraction of sp³-hybridized carbons (Fsp3) is 0.222. The smallest absolute Gasteiger partial charge is 0.230 e. The molecule has 0 N–H and O–H groups in total. The van der Waals surface area contributed by atoms with E-state index < -0.39 is 0 Å². The Labute approximate surface area is 196 Å². The van der Waals surface area contributed by atoms with Crippen molar-refractivity contribution in [3.05, 3.63) is 79.0 Å². The van der Waals surface area contributed by atoms with E-state index >= 15 is 0 Å². The van der Waals surface area contributed by atoms with E-state index in [0.717, 1.165) is 45.6 Å². The van der Waals surface area contributed by atoms with Crippen LogP contribution in [0, 0.1) is 5.82 Å². The molecule has 3 aromatic heterocycles. The van der Waals surface area contributed by atoms with Crippen LogP contribution >= 0.6 is 0 Å². The Hall–Kier alpha value is -3.84. The zero-order valence-electron chi connectivity index (χ0n) is 18.9. The highest BCUT2D eigenvalue weighted by Crippen LogP contribution is 2.38. The lowest BCUT2D eigenvalue weighted by Gasteiger charge is -2.42. The van der Waals surface area contributed by atoms with Gasteiger partial charge in [-0.25, -0.2) is 14.4 Å². The molecule has 170 valence electrons. The first-order chi connectivity index (χ1) is 16.4. The number of hydrogen-bond acceptors (Lipinski definition) is 5. The molecule has 1 atom stereocenters. The summed E-state index contributed by atoms with van der Waals surface area (Å²) in [5, 5.41) is 5.65. The number of aromatic nitrogens is 4. The van der Waals surface area contributed by atoms with Gasteiger partial charge >= 0.3 is 0 Å². The summed E-state index contributed by atoms with van der Waals surface area (Å²) in [6.07, 6.45) is 4.55. The van der Waals surface area contributed by atoms with Crippen molar-refractivity contribution in [2.45, 2.75) is 38.5 Å². The first-order valence-electron chi connectivity index (χ1n) is 11.3. The number of ether oxygens (including phenoxy) is 1. The molecule has 0 unspecified atom stereocenters. The Balaban J connectivity index is 1.46. The van der Waals surface area contributed by atoms with Gasteiger partial charge in [-0.05, 0) is 44.2 Å². The summed E-state index contributed by atoms with van der Waals surface area (Å²) in [5.41, 5.74) is 4.46. The molecule has 0 aliphatic carbocycles. The molecular weight excluding hydrogens is 431 g/mol. The summed E-state index contributed by atoms with van der Waals surface area (Å²) in [5.74, 6) is 0.430. The highest BCUT2D eigenvalue weighted by Gasteiger charge is 2.37. The van der Waals surface area contributed by atoms with Crippen molar-refractivity contribution in [3.63, 3.8) is 0 Å². The molecule has 0 spiro atoms. The largest absolute Gasteiger partial charge is 0.438 e. The van der Waals surface area contributed by atoms with Crippen LogP contribution in [0.15, 0.2) is 77.6 Å². The number of halogens is 1. The monoisotopic (exact) mass is 454 g/mol. The van der Waals surface area contributed by atoms with Gasteiger partial charge in [0.15, 0.2) is 0 Å². The van der Waals surface area contributed by atoms with Crippen LogP contribution in [-0.4, -0.2) is 31.5 Å². The summed E-state index contributed by atoms with van der Waals surface area (Å²) < 4.78 is 27.5. The van der Waals surface area contributed by atoms with E-state index in [4.69, 9.17) is 14.3 Å². The number of benzene rings is 2. The van der Waals surface area contributed by atoms with Gasteiger partial charge in [0.05, 0.1) is 29.3 Å². The standard InChI is InChI=1S/C27H23FN4O2/c1-27(2)13-20(34-27)14-32-15-22(24(31-32)18-8-10-19(28)11-9-18)25-21-12-23(17-6-4-3-5-7-17)33-26(21)30-16-29-25/h3-12,15-16,20H,13-14H2,1-2H3/t20-/m1/s1. The molecule has 0 amide bonds. The van der Waals surface area contributed by atoms with E-state index in [1.807, 2.05) is 47.3 Å². The van der Waals surface area contributed by atoms with Crippen molar-refractivity contribution in [3.8, 4) is 33.8 Å². The maximum atomic E-state index is 13.6. The lowest BCUT2D eigenvalue weighted by Crippen LogP contribution is -2.47. The van der Waals surface area contributed by atoms with Crippen molar-refractivity contribution < 1.29 is 13.5 Å². The molecule has 0 saturated carbocycles. The average molecular weight is 455 g/mol. The summed E-state index contributed by atoms with van der Waals surface area (Å²) in [6.45, 7) is 4.80. The molecule has 1 aliphatic heterocycles. The van der Waals surface area contributed by atoms with Gasteiger partial charge in [-0.2, -0.15) is 5.10 Å². The van der Waals surface area contributed by atoms with Gasteiger partial charge in [0, 0.05) is 29.3 Å². The highest BCUT2D eigenvalue weighted by atomic mass is 19.1. The van der Waals surface area contributed by atoms with Crippen LogP contribution in [0.25, 0.3) is 44.9 Å². The second kappa shape index (κ2) is 7.88. The van der Waals surface area contributed by atoms with Gasteiger partial charge in [-0.15, -0.1) is 0 Å². The molecule has 7 heteroatoms. The van der Waals surface area contributed by atoms with E-state index in [1.54, 1.807) is 12.1 Å². The molecule has 0 bridgehead atoms. The zero-order valence-corrected chi connectivity index (χ0v) is 18.9. The van der Waals surface area contributed by atoms with Gasteiger partial charge in [0.1, 0.15) is 23.6 Å². The molecule has 1 aliphatic rings. The minimum Gasteiger partial charge on any atom is -0.438 e. The van der Waals surface area contributed by atoms with Crippen LogP contribution in [-0.2, 0) is 11.3 Å². The number of rotatable bonds is 5. The van der Waals surface area contributed by atoms with E-state index in [2.05, 4.69) is 23.8 Å². The molecule has 6 rings (SSSR count). The predicted molar refractivity (Wildman–Crippen MR) is 127 cm³/mol. The fourth-order valence-electron chi connectivity index (χ4n) is 4.62. The lowest BCUT2D eigenvalue weighted by atomic mass is 9.93. The second-order valence-electron chi connectivity index (χ2n) is 9.24. The van der Waals surface area contributed by atoms with E-state index in [9.17, 15) is 4.39 Å². The molecule has 6 nitrogen and oxygen atoms in total. The number of furan rings is 1. The zero-order chi connectivity index (χ0) is 23.3.